The molecule has 0 bridgehead atoms. The van der Waals surface area contributed by atoms with E-state index in [0.29, 0.717) is 23.8 Å². The topological polar surface area (TPSA) is 85.0 Å². The first kappa shape index (κ1) is 25.0. The van der Waals surface area contributed by atoms with Crippen LogP contribution in [-0.2, 0) is 14.4 Å². The fourth-order valence-corrected chi connectivity index (χ4v) is 4.85. The highest BCUT2D eigenvalue weighted by atomic mass is 35.5. The van der Waals surface area contributed by atoms with Gasteiger partial charge in [0.2, 0.25) is 17.7 Å². The van der Waals surface area contributed by atoms with Crippen molar-refractivity contribution in [3.05, 3.63) is 58.6 Å². The number of hydrogen-bond acceptors (Lipinski definition) is 5. The summed E-state index contributed by atoms with van der Waals surface area (Å²) >= 11 is 6.12. The first-order chi connectivity index (χ1) is 16.8. The number of halogens is 1. The first-order valence-corrected chi connectivity index (χ1v) is 12.3. The molecule has 0 radical (unpaired) electrons. The lowest BCUT2D eigenvalue weighted by Gasteiger charge is -2.39. The zero-order valence-electron chi connectivity index (χ0n) is 20.2. The Morgan fingerprint density at radius 3 is 2.54 bits per heavy atom. The highest BCUT2D eigenvalue weighted by Crippen LogP contribution is 2.21. The van der Waals surface area contributed by atoms with Gasteiger partial charge in [0.05, 0.1) is 13.0 Å². The molecule has 186 valence electrons. The standard InChI is InChI=1S/C26H32ClN5O3/c1-18-6-7-22(19(2)14-18)29-24(33)16-23-26(35)28-8-9-32(23)25(34)17-30-10-12-31(13-11-30)21-5-3-4-20(27)15-21/h3-7,14-15,23H,8-13,16-17H2,1-2H3,(H,28,35)(H,29,33). The van der Waals surface area contributed by atoms with Gasteiger partial charge in [0.25, 0.3) is 0 Å². The van der Waals surface area contributed by atoms with Crippen LogP contribution in [0.4, 0.5) is 11.4 Å². The van der Waals surface area contributed by atoms with E-state index in [2.05, 4.69) is 20.4 Å². The molecule has 3 amide bonds. The van der Waals surface area contributed by atoms with E-state index in [0.717, 1.165) is 43.0 Å². The van der Waals surface area contributed by atoms with Gasteiger partial charge in [-0.15, -0.1) is 0 Å². The van der Waals surface area contributed by atoms with Crippen LogP contribution in [0.2, 0.25) is 5.02 Å². The molecule has 2 aliphatic rings. The van der Waals surface area contributed by atoms with Gasteiger partial charge >= 0.3 is 0 Å². The Balaban J connectivity index is 1.33. The Hall–Kier alpha value is -3.10. The molecule has 2 N–H and O–H groups in total. The minimum absolute atomic E-state index is 0.0760. The van der Waals surface area contributed by atoms with Crippen LogP contribution in [0.25, 0.3) is 0 Å². The molecule has 2 aromatic carbocycles. The summed E-state index contributed by atoms with van der Waals surface area (Å²) < 4.78 is 0. The molecule has 2 heterocycles. The van der Waals surface area contributed by atoms with Gasteiger partial charge in [0.1, 0.15) is 6.04 Å². The molecule has 2 saturated heterocycles. The van der Waals surface area contributed by atoms with E-state index in [9.17, 15) is 14.4 Å². The molecular weight excluding hydrogens is 466 g/mol. The summed E-state index contributed by atoms with van der Waals surface area (Å²) in [5, 5.41) is 6.39. The van der Waals surface area contributed by atoms with E-state index < -0.39 is 6.04 Å². The SMILES string of the molecule is Cc1ccc(NC(=O)CC2C(=O)NCCN2C(=O)CN2CCN(c3cccc(Cl)c3)CC2)c(C)c1. The van der Waals surface area contributed by atoms with Gasteiger partial charge < -0.3 is 20.4 Å². The van der Waals surface area contributed by atoms with Crippen LogP contribution in [0.3, 0.4) is 0 Å². The van der Waals surface area contributed by atoms with Gasteiger partial charge in [-0.25, -0.2) is 0 Å². The van der Waals surface area contributed by atoms with Crippen molar-refractivity contribution < 1.29 is 14.4 Å². The van der Waals surface area contributed by atoms with Crippen LogP contribution >= 0.6 is 11.6 Å². The van der Waals surface area contributed by atoms with Gasteiger partial charge in [-0.3, -0.25) is 19.3 Å². The van der Waals surface area contributed by atoms with E-state index in [-0.39, 0.29) is 30.7 Å². The maximum Gasteiger partial charge on any atom is 0.243 e. The molecule has 0 spiro atoms. The lowest BCUT2D eigenvalue weighted by Crippen LogP contribution is -2.60. The Bertz CT molecular complexity index is 1100. The highest BCUT2D eigenvalue weighted by molar-refractivity contribution is 6.30. The second kappa shape index (κ2) is 11.1. The van der Waals surface area contributed by atoms with Gasteiger partial charge in [0, 0.05) is 55.7 Å². The number of aryl methyl sites for hydroxylation is 2. The molecule has 1 atom stereocenters. The molecule has 35 heavy (non-hydrogen) atoms. The number of carbonyl (C=O) groups is 3. The fourth-order valence-electron chi connectivity index (χ4n) is 4.67. The van der Waals surface area contributed by atoms with Crippen LogP contribution in [0.5, 0.6) is 0 Å². The number of benzene rings is 2. The van der Waals surface area contributed by atoms with Crippen molar-refractivity contribution in [3.8, 4) is 0 Å². The third-order valence-electron chi connectivity index (χ3n) is 6.59. The number of amides is 3. The zero-order chi connectivity index (χ0) is 24.9. The monoisotopic (exact) mass is 497 g/mol. The second-order valence-corrected chi connectivity index (χ2v) is 9.64. The number of rotatable bonds is 6. The van der Waals surface area contributed by atoms with Crippen LogP contribution in [0.1, 0.15) is 17.5 Å². The highest BCUT2D eigenvalue weighted by Gasteiger charge is 2.35. The first-order valence-electron chi connectivity index (χ1n) is 12.0. The summed E-state index contributed by atoms with van der Waals surface area (Å²) in [6.45, 7) is 7.98. The summed E-state index contributed by atoms with van der Waals surface area (Å²) in [5.41, 5.74) is 3.85. The second-order valence-electron chi connectivity index (χ2n) is 9.21. The Morgan fingerprint density at radius 2 is 1.83 bits per heavy atom. The fraction of sp³-hybridized carbons (Fsp3) is 0.423. The molecule has 4 rings (SSSR count). The third-order valence-corrected chi connectivity index (χ3v) is 6.83. The molecule has 1 unspecified atom stereocenters. The molecule has 2 aromatic rings. The van der Waals surface area contributed by atoms with Crippen molar-refractivity contribution in [2.75, 3.05) is 56.0 Å². The van der Waals surface area contributed by atoms with Gasteiger partial charge in [0.15, 0.2) is 0 Å². The maximum atomic E-state index is 13.2. The molecule has 0 aliphatic carbocycles. The van der Waals surface area contributed by atoms with Crippen molar-refractivity contribution in [3.63, 3.8) is 0 Å². The van der Waals surface area contributed by atoms with E-state index in [1.54, 1.807) is 4.90 Å². The van der Waals surface area contributed by atoms with Crippen LogP contribution in [0, 0.1) is 13.8 Å². The summed E-state index contributed by atoms with van der Waals surface area (Å²) in [7, 11) is 0. The molecule has 9 heteroatoms. The zero-order valence-corrected chi connectivity index (χ0v) is 21.0. The Labute approximate surface area is 211 Å². The predicted molar refractivity (Wildman–Crippen MR) is 138 cm³/mol. The molecular formula is C26H32ClN5O3. The summed E-state index contributed by atoms with van der Waals surface area (Å²) in [6.07, 6.45) is -0.0760. The average Bonchev–Trinajstić information content (AvgIpc) is 2.82. The van der Waals surface area contributed by atoms with Crippen LogP contribution in [0.15, 0.2) is 42.5 Å². The van der Waals surface area contributed by atoms with E-state index in [1.807, 2.05) is 56.3 Å². The smallest absolute Gasteiger partial charge is 0.243 e. The van der Waals surface area contributed by atoms with Crippen molar-refractivity contribution in [2.24, 2.45) is 0 Å². The summed E-state index contributed by atoms with van der Waals surface area (Å²) in [4.78, 5) is 44.5. The summed E-state index contributed by atoms with van der Waals surface area (Å²) in [5.74, 6) is -0.696. The van der Waals surface area contributed by atoms with Crippen LogP contribution in [-0.4, -0.2) is 79.4 Å². The normalized spacial score (nSPS) is 18.8. The lowest BCUT2D eigenvalue weighted by atomic mass is 10.1. The minimum Gasteiger partial charge on any atom is -0.369 e. The van der Waals surface area contributed by atoms with E-state index in [1.165, 1.54) is 0 Å². The van der Waals surface area contributed by atoms with Gasteiger partial charge in [-0.1, -0.05) is 35.4 Å². The van der Waals surface area contributed by atoms with Crippen molar-refractivity contribution in [1.29, 1.82) is 0 Å². The predicted octanol–water partition coefficient (Wildman–Crippen LogP) is 2.43. The van der Waals surface area contributed by atoms with Crippen molar-refractivity contribution in [2.45, 2.75) is 26.3 Å². The average molecular weight is 498 g/mol. The number of hydrogen-bond donors (Lipinski definition) is 2. The Kier molecular flexibility index (Phi) is 7.93. The molecule has 2 aliphatic heterocycles. The van der Waals surface area contributed by atoms with Crippen molar-refractivity contribution >= 4 is 40.7 Å². The molecule has 8 nitrogen and oxygen atoms in total. The maximum absolute atomic E-state index is 13.2. The molecule has 0 saturated carbocycles. The molecule has 0 aromatic heterocycles. The third kappa shape index (κ3) is 6.32. The number of piperazine rings is 2. The molecule has 2 fully saturated rings. The summed E-state index contributed by atoms with van der Waals surface area (Å²) in [6, 6.07) is 12.7. The Morgan fingerprint density at radius 1 is 1.06 bits per heavy atom. The number of carbonyl (C=O) groups excluding carboxylic acids is 3. The van der Waals surface area contributed by atoms with Gasteiger partial charge in [-0.2, -0.15) is 0 Å². The van der Waals surface area contributed by atoms with Crippen LogP contribution < -0.4 is 15.5 Å². The van der Waals surface area contributed by atoms with Crippen molar-refractivity contribution in [1.82, 2.24) is 15.1 Å². The minimum atomic E-state index is -0.810. The van der Waals surface area contributed by atoms with E-state index in [4.69, 9.17) is 11.6 Å². The van der Waals surface area contributed by atoms with E-state index >= 15 is 0 Å². The lowest BCUT2D eigenvalue weighted by molar-refractivity contribution is -0.145. The number of anilines is 2. The number of nitrogens with one attached hydrogen (secondary N) is 2. The van der Waals surface area contributed by atoms with Gasteiger partial charge in [-0.05, 0) is 43.7 Å². The quantitative estimate of drug-likeness (QED) is 0.640. The number of nitrogens with zero attached hydrogens (tertiary/aromatic N) is 3. The largest absolute Gasteiger partial charge is 0.369 e.